The van der Waals surface area contributed by atoms with Crippen LogP contribution in [-0.2, 0) is 4.79 Å². The lowest BCUT2D eigenvalue weighted by molar-refractivity contribution is -0.117. The summed E-state index contributed by atoms with van der Waals surface area (Å²) in [6, 6.07) is 11.6. The van der Waals surface area contributed by atoms with Crippen LogP contribution < -0.4 is 14.4 Å². The highest BCUT2D eigenvalue weighted by Crippen LogP contribution is 2.35. The highest BCUT2D eigenvalue weighted by atomic mass is 16.5. The number of carbonyl (C=O) groups is 1. The number of methoxy groups -OCH3 is 1. The normalized spacial score (nSPS) is 16.1. The van der Waals surface area contributed by atoms with Gasteiger partial charge in [0.1, 0.15) is 0 Å². The summed E-state index contributed by atoms with van der Waals surface area (Å²) < 4.78 is 16.7. The van der Waals surface area contributed by atoms with E-state index < -0.39 is 0 Å². The van der Waals surface area contributed by atoms with E-state index in [1.54, 1.807) is 7.11 Å². The third-order valence-electron chi connectivity index (χ3n) is 5.67. The number of rotatable bonds is 7. The Morgan fingerprint density at radius 3 is 2.81 bits per heavy atom. The minimum absolute atomic E-state index is 0.0672. The molecule has 162 valence electrons. The Hall–Kier alpha value is -3.35. The van der Waals surface area contributed by atoms with Crippen LogP contribution in [0.3, 0.4) is 0 Å². The third-order valence-corrected chi connectivity index (χ3v) is 5.67. The van der Waals surface area contributed by atoms with E-state index in [2.05, 4.69) is 17.1 Å². The van der Waals surface area contributed by atoms with Crippen molar-refractivity contribution in [3.05, 3.63) is 53.4 Å². The first-order chi connectivity index (χ1) is 15.0. The van der Waals surface area contributed by atoms with Gasteiger partial charge >= 0.3 is 0 Å². The van der Waals surface area contributed by atoms with Gasteiger partial charge in [-0.25, -0.2) is 0 Å². The predicted octanol–water partition coefficient (Wildman–Crippen LogP) is 4.67. The first-order valence-electron chi connectivity index (χ1n) is 10.5. The Morgan fingerprint density at radius 1 is 1.19 bits per heavy atom. The number of nitrogens with zero attached hydrogens (tertiary/aromatic N) is 3. The van der Waals surface area contributed by atoms with Crippen molar-refractivity contribution < 1.29 is 18.8 Å². The molecule has 1 amide bonds. The molecule has 1 unspecified atom stereocenters. The smallest absolute Gasteiger partial charge is 0.232 e. The number of aryl methyl sites for hydroxylation is 1. The molecule has 3 aromatic rings. The topological polar surface area (TPSA) is 77.7 Å². The van der Waals surface area contributed by atoms with Crippen LogP contribution in [0.4, 0.5) is 5.69 Å². The second-order valence-electron chi connectivity index (χ2n) is 7.79. The van der Waals surface area contributed by atoms with E-state index in [0.717, 1.165) is 28.8 Å². The summed E-state index contributed by atoms with van der Waals surface area (Å²) in [4.78, 5) is 19.1. The molecule has 2 aromatic carbocycles. The van der Waals surface area contributed by atoms with Crippen LogP contribution in [0.5, 0.6) is 11.5 Å². The van der Waals surface area contributed by atoms with Crippen molar-refractivity contribution in [1.82, 2.24) is 10.1 Å². The molecule has 1 aromatic heterocycles. The Balaban J connectivity index is 1.54. The van der Waals surface area contributed by atoms with E-state index in [9.17, 15) is 4.79 Å². The molecular weight excluding hydrogens is 394 g/mol. The molecular formula is C24H27N3O4. The number of hydrogen-bond donors (Lipinski definition) is 0. The Kier molecular flexibility index (Phi) is 5.93. The van der Waals surface area contributed by atoms with Gasteiger partial charge in [-0.2, -0.15) is 4.98 Å². The van der Waals surface area contributed by atoms with Gasteiger partial charge in [0.25, 0.3) is 0 Å². The molecule has 0 spiro atoms. The Bertz CT molecular complexity index is 1090. The highest BCUT2D eigenvalue weighted by Gasteiger charge is 2.35. The van der Waals surface area contributed by atoms with E-state index >= 15 is 0 Å². The third kappa shape index (κ3) is 4.13. The Morgan fingerprint density at radius 2 is 2.03 bits per heavy atom. The van der Waals surface area contributed by atoms with Gasteiger partial charge in [0, 0.05) is 24.2 Å². The maximum absolute atomic E-state index is 12.7. The molecule has 0 N–H and O–H groups in total. The van der Waals surface area contributed by atoms with Gasteiger partial charge in [-0.3, -0.25) is 4.79 Å². The number of anilines is 1. The number of carbonyl (C=O) groups excluding carboxylic acids is 1. The number of hydrogen-bond acceptors (Lipinski definition) is 6. The molecule has 0 radical (unpaired) electrons. The molecule has 1 aliphatic heterocycles. The zero-order valence-electron chi connectivity index (χ0n) is 18.3. The summed E-state index contributed by atoms with van der Waals surface area (Å²) in [5.74, 6) is 2.17. The van der Waals surface area contributed by atoms with Crippen molar-refractivity contribution in [2.45, 2.75) is 39.5 Å². The molecule has 1 aliphatic rings. The van der Waals surface area contributed by atoms with Crippen molar-refractivity contribution in [2.75, 3.05) is 25.2 Å². The number of ether oxygens (including phenoxy) is 2. The van der Waals surface area contributed by atoms with Crippen LogP contribution in [0.2, 0.25) is 0 Å². The van der Waals surface area contributed by atoms with Crippen LogP contribution in [0, 0.1) is 13.8 Å². The molecule has 1 saturated heterocycles. The monoisotopic (exact) mass is 421 g/mol. The standard InChI is InChI=1S/C24H27N3O4/c1-5-11-30-20-10-9-17(12-21(20)29-4)23-25-24(31-26-23)18-13-22(28)27(14-18)19-8-6-7-15(2)16(19)3/h6-10,12,18H,5,11,13-14H2,1-4H3. The molecule has 0 saturated carbocycles. The molecule has 4 rings (SSSR count). The van der Waals surface area contributed by atoms with Gasteiger partial charge in [0.2, 0.25) is 17.6 Å². The fraction of sp³-hybridized carbons (Fsp3) is 0.375. The van der Waals surface area contributed by atoms with Crippen LogP contribution in [-0.4, -0.2) is 36.3 Å². The molecule has 1 fully saturated rings. The van der Waals surface area contributed by atoms with Crippen molar-refractivity contribution in [2.24, 2.45) is 0 Å². The van der Waals surface area contributed by atoms with E-state index in [1.807, 2.05) is 55.1 Å². The largest absolute Gasteiger partial charge is 0.493 e. The van der Waals surface area contributed by atoms with E-state index in [1.165, 1.54) is 0 Å². The van der Waals surface area contributed by atoms with Crippen molar-refractivity contribution in [3.63, 3.8) is 0 Å². The summed E-state index contributed by atoms with van der Waals surface area (Å²) in [6.45, 7) is 7.29. The van der Waals surface area contributed by atoms with Gasteiger partial charge in [-0.1, -0.05) is 24.2 Å². The van der Waals surface area contributed by atoms with Gasteiger partial charge in [-0.05, 0) is 55.7 Å². The predicted molar refractivity (Wildman–Crippen MR) is 118 cm³/mol. The summed E-state index contributed by atoms with van der Waals surface area (Å²) in [5.41, 5.74) is 3.99. The highest BCUT2D eigenvalue weighted by molar-refractivity contribution is 5.97. The Labute approximate surface area is 182 Å². The number of amides is 1. The summed E-state index contributed by atoms with van der Waals surface area (Å²) in [5, 5.41) is 4.14. The molecule has 1 atom stereocenters. The fourth-order valence-corrected chi connectivity index (χ4v) is 3.79. The lowest BCUT2D eigenvalue weighted by atomic mass is 10.1. The molecule has 31 heavy (non-hydrogen) atoms. The van der Waals surface area contributed by atoms with E-state index in [-0.39, 0.29) is 11.8 Å². The van der Waals surface area contributed by atoms with Crippen molar-refractivity contribution in [3.8, 4) is 22.9 Å². The lowest BCUT2D eigenvalue weighted by Crippen LogP contribution is -2.25. The number of benzene rings is 2. The average molecular weight is 421 g/mol. The second-order valence-corrected chi connectivity index (χ2v) is 7.79. The molecule has 7 heteroatoms. The fourth-order valence-electron chi connectivity index (χ4n) is 3.79. The van der Waals surface area contributed by atoms with Gasteiger partial charge in [-0.15, -0.1) is 0 Å². The maximum Gasteiger partial charge on any atom is 0.232 e. The maximum atomic E-state index is 12.7. The minimum atomic E-state index is -0.136. The zero-order valence-corrected chi connectivity index (χ0v) is 18.3. The van der Waals surface area contributed by atoms with Crippen LogP contribution in [0.1, 0.15) is 42.7 Å². The summed E-state index contributed by atoms with van der Waals surface area (Å²) in [7, 11) is 1.60. The lowest BCUT2D eigenvalue weighted by Gasteiger charge is -2.19. The van der Waals surface area contributed by atoms with E-state index in [4.69, 9.17) is 14.0 Å². The first kappa shape index (κ1) is 20.9. The molecule has 7 nitrogen and oxygen atoms in total. The summed E-state index contributed by atoms with van der Waals surface area (Å²) in [6.07, 6.45) is 1.26. The van der Waals surface area contributed by atoms with Crippen molar-refractivity contribution >= 4 is 11.6 Å². The van der Waals surface area contributed by atoms with Gasteiger partial charge in [0.15, 0.2) is 11.5 Å². The average Bonchev–Trinajstić information content (AvgIpc) is 3.41. The van der Waals surface area contributed by atoms with Crippen LogP contribution >= 0.6 is 0 Å². The first-order valence-corrected chi connectivity index (χ1v) is 10.5. The van der Waals surface area contributed by atoms with Crippen molar-refractivity contribution in [1.29, 1.82) is 0 Å². The van der Waals surface area contributed by atoms with Gasteiger partial charge < -0.3 is 18.9 Å². The molecule has 2 heterocycles. The van der Waals surface area contributed by atoms with Crippen LogP contribution in [0.25, 0.3) is 11.4 Å². The van der Waals surface area contributed by atoms with Crippen LogP contribution in [0.15, 0.2) is 40.9 Å². The van der Waals surface area contributed by atoms with Gasteiger partial charge in [0.05, 0.1) is 19.6 Å². The quantitative estimate of drug-likeness (QED) is 0.552. The second kappa shape index (κ2) is 8.79. The molecule has 0 bridgehead atoms. The minimum Gasteiger partial charge on any atom is -0.493 e. The zero-order chi connectivity index (χ0) is 22.0. The SMILES string of the molecule is CCCOc1ccc(-c2noc(C3CC(=O)N(c4cccc(C)c4C)C3)n2)cc1OC. The van der Waals surface area contributed by atoms with E-state index in [0.29, 0.717) is 42.8 Å². The number of aromatic nitrogens is 2. The summed E-state index contributed by atoms with van der Waals surface area (Å²) >= 11 is 0. The molecule has 0 aliphatic carbocycles.